The maximum absolute atomic E-state index is 6.24. The summed E-state index contributed by atoms with van der Waals surface area (Å²) in [6, 6.07) is 0. The molecule has 0 aromatic rings. The molecule has 0 aliphatic rings. The van der Waals surface area contributed by atoms with Gasteiger partial charge in [-0.3, -0.25) is 0 Å². The normalized spacial score (nSPS) is 14.2. The highest BCUT2D eigenvalue weighted by Crippen LogP contribution is 2.31. The molecular formula is C13H36O12Si5. The van der Waals surface area contributed by atoms with Crippen LogP contribution in [-0.2, 0) is 51.9 Å². The summed E-state index contributed by atoms with van der Waals surface area (Å²) in [6.07, 6.45) is 0. The van der Waals surface area contributed by atoms with Gasteiger partial charge in [-0.25, -0.2) is 0 Å². The van der Waals surface area contributed by atoms with Crippen LogP contribution >= 0.6 is 0 Å². The quantitative estimate of drug-likeness (QED) is 0.253. The summed E-state index contributed by atoms with van der Waals surface area (Å²) in [7, 11) is -6.46. The first kappa shape index (κ1) is 30.3. The van der Waals surface area contributed by atoms with Gasteiger partial charge in [0.15, 0.2) is 0 Å². The van der Waals surface area contributed by atoms with Gasteiger partial charge in [0, 0.05) is 76.5 Å². The van der Waals surface area contributed by atoms with Crippen LogP contribution < -0.4 is 0 Å². The summed E-state index contributed by atoms with van der Waals surface area (Å²) in [5.74, 6) is 0. The maximum Gasteiger partial charge on any atom is 0.650 e. The van der Waals surface area contributed by atoms with Crippen LogP contribution in [0.1, 0.15) is 0 Å². The van der Waals surface area contributed by atoms with Crippen molar-refractivity contribution in [2.75, 3.05) is 56.9 Å². The second kappa shape index (κ2) is 12.5. The van der Waals surface area contributed by atoms with E-state index < -0.39 is 44.3 Å². The summed E-state index contributed by atoms with van der Waals surface area (Å²) in [5.41, 5.74) is 1.40. The fourth-order valence-electron chi connectivity index (χ4n) is 1.86. The lowest BCUT2D eigenvalue weighted by molar-refractivity contribution is 0.00900. The minimum absolute atomic E-state index is 1.40. The molecular weight excluding hydrogens is 489 g/mol. The Hall–Kier alpha value is 0.344. The highest BCUT2D eigenvalue weighted by Gasteiger charge is 2.66. The maximum atomic E-state index is 6.24. The predicted octanol–water partition coefficient (Wildman–Crippen LogP) is 1.03. The van der Waals surface area contributed by atoms with Gasteiger partial charge in [-0.15, -0.1) is 0 Å². The van der Waals surface area contributed by atoms with E-state index in [1.807, 2.05) is 0 Å². The first-order chi connectivity index (χ1) is 13.9. The van der Waals surface area contributed by atoms with Crippen LogP contribution in [0.25, 0.3) is 0 Å². The first-order valence-electron chi connectivity index (χ1n) is 8.73. The van der Waals surface area contributed by atoms with Crippen LogP contribution in [0.3, 0.4) is 0 Å². The van der Waals surface area contributed by atoms with Crippen molar-refractivity contribution in [1.82, 2.24) is 0 Å². The molecule has 0 aliphatic heterocycles. The van der Waals surface area contributed by atoms with E-state index in [0.717, 1.165) is 0 Å². The van der Waals surface area contributed by atoms with E-state index in [9.17, 15) is 0 Å². The van der Waals surface area contributed by atoms with Gasteiger partial charge in [0.05, 0.1) is 0 Å². The van der Waals surface area contributed by atoms with Crippen molar-refractivity contribution in [3.05, 3.63) is 12.3 Å². The lowest BCUT2D eigenvalue weighted by Crippen LogP contribution is -2.71. The molecule has 0 amide bonds. The lowest BCUT2D eigenvalue weighted by atomic mass is 11.3. The van der Waals surface area contributed by atoms with Gasteiger partial charge < -0.3 is 51.9 Å². The van der Waals surface area contributed by atoms with Gasteiger partial charge in [0.1, 0.15) is 0 Å². The second-order valence-electron chi connectivity index (χ2n) is 5.94. The Labute approximate surface area is 185 Å². The zero-order valence-corrected chi connectivity index (χ0v) is 24.7. The zero-order valence-electron chi connectivity index (χ0n) is 19.7. The molecule has 30 heavy (non-hydrogen) atoms. The Bertz CT molecular complexity index is 460. The summed E-state index contributed by atoms with van der Waals surface area (Å²) in [4.78, 5) is 0. The molecule has 0 saturated carbocycles. The van der Waals surface area contributed by atoms with Gasteiger partial charge in [0.25, 0.3) is 0 Å². The molecule has 180 valence electrons. The third-order valence-corrected chi connectivity index (χ3v) is 19.9. The van der Waals surface area contributed by atoms with Crippen LogP contribution in [0, 0.1) is 0 Å². The van der Waals surface area contributed by atoms with Crippen molar-refractivity contribution >= 4 is 44.3 Å². The number of rotatable bonds is 17. The molecule has 0 N–H and O–H groups in total. The lowest BCUT2D eigenvalue weighted by Gasteiger charge is -2.42. The standard InChI is InChI=1S/C13H36O12Si5/c1-13-29(20-8,21-9)25-30(22-26(10,14-2)15-3,23-27(11,16-4)17-5)24-28(12,18-6)19-7/h13H,1H2,2-12H3. The van der Waals surface area contributed by atoms with Crippen LogP contribution in [0.5, 0.6) is 0 Å². The van der Waals surface area contributed by atoms with Crippen molar-refractivity contribution in [3.8, 4) is 0 Å². The Balaban J connectivity index is 6.74. The Morgan fingerprint density at radius 1 is 0.467 bits per heavy atom. The van der Waals surface area contributed by atoms with Gasteiger partial charge in [-0.05, 0) is 5.70 Å². The highest BCUT2D eigenvalue weighted by atomic mass is 28.6. The van der Waals surface area contributed by atoms with Crippen LogP contribution in [0.4, 0.5) is 0 Å². The molecule has 12 nitrogen and oxygen atoms in total. The van der Waals surface area contributed by atoms with Gasteiger partial charge in [0.2, 0.25) is 0 Å². The molecule has 0 saturated heterocycles. The van der Waals surface area contributed by atoms with E-state index in [4.69, 9.17) is 51.9 Å². The average Bonchev–Trinajstić information content (AvgIpc) is 2.77. The summed E-state index contributed by atoms with van der Waals surface area (Å²) in [5, 5.41) is 0. The highest BCUT2D eigenvalue weighted by molar-refractivity contribution is 6.86. The van der Waals surface area contributed by atoms with Crippen molar-refractivity contribution in [3.63, 3.8) is 0 Å². The molecule has 0 radical (unpaired) electrons. The Morgan fingerprint density at radius 3 is 0.900 bits per heavy atom. The van der Waals surface area contributed by atoms with E-state index in [-0.39, 0.29) is 0 Å². The average molecular weight is 525 g/mol. The van der Waals surface area contributed by atoms with E-state index in [1.165, 1.54) is 62.6 Å². The number of hydrogen-bond acceptors (Lipinski definition) is 12. The molecule has 0 aliphatic carbocycles. The molecule has 0 fully saturated rings. The monoisotopic (exact) mass is 524 g/mol. The van der Waals surface area contributed by atoms with Crippen LogP contribution in [0.15, 0.2) is 12.3 Å². The predicted molar refractivity (Wildman–Crippen MR) is 117 cm³/mol. The van der Waals surface area contributed by atoms with Crippen LogP contribution in [-0.4, -0.2) is 101 Å². The molecule has 0 bridgehead atoms. The van der Waals surface area contributed by atoms with Crippen molar-refractivity contribution < 1.29 is 51.9 Å². The van der Waals surface area contributed by atoms with E-state index in [2.05, 4.69) is 6.58 Å². The fraction of sp³-hybridized carbons (Fsp3) is 0.846. The van der Waals surface area contributed by atoms with Crippen molar-refractivity contribution in [1.29, 1.82) is 0 Å². The third kappa shape index (κ3) is 8.04. The molecule has 0 atom stereocenters. The van der Waals surface area contributed by atoms with Crippen LogP contribution in [0.2, 0.25) is 19.6 Å². The Kier molecular flexibility index (Phi) is 12.7. The largest absolute Gasteiger partial charge is 0.650 e. The third-order valence-electron chi connectivity index (χ3n) is 4.24. The molecule has 0 heterocycles. The SMILES string of the molecule is C=C[Si](OC)(OC)O[Si](O[Si](C)(OC)OC)(O[Si](C)(OC)OC)O[Si](C)(OC)OC. The Morgan fingerprint density at radius 2 is 0.733 bits per heavy atom. The molecule has 0 spiro atoms. The van der Waals surface area contributed by atoms with E-state index in [1.54, 1.807) is 19.6 Å². The van der Waals surface area contributed by atoms with Gasteiger partial charge in [-0.2, -0.15) is 0 Å². The minimum atomic E-state index is -4.35. The summed E-state index contributed by atoms with van der Waals surface area (Å²) < 4.78 is 68.9. The topological polar surface area (TPSA) is 111 Å². The van der Waals surface area contributed by atoms with Gasteiger partial charge in [-0.1, -0.05) is 6.58 Å². The molecule has 0 aromatic carbocycles. The zero-order chi connectivity index (χ0) is 23.7. The van der Waals surface area contributed by atoms with Gasteiger partial charge >= 0.3 is 44.3 Å². The molecule has 0 unspecified atom stereocenters. The second-order valence-corrected chi connectivity index (χ2v) is 20.3. The fourth-order valence-corrected chi connectivity index (χ4v) is 15.9. The summed E-state index contributed by atoms with van der Waals surface area (Å²) in [6.45, 7) is 8.67. The summed E-state index contributed by atoms with van der Waals surface area (Å²) >= 11 is 0. The minimum Gasteiger partial charge on any atom is -0.377 e. The smallest absolute Gasteiger partial charge is 0.377 e. The number of hydrogen-bond donors (Lipinski definition) is 0. The molecule has 0 rings (SSSR count). The first-order valence-corrected chi connectivity index (χ1v) is 18.8. The molecule has 17 heteroatoms. The van der Waals surface area contributed by atoms with Crippen molar-refractivity contribution in [2.45, 2.75) is 19.6 Å². The van der Waals surface area contributed by atoms with Crippen molar-refractivity contribution in [2.24, 2.45) is 0 Å². The molecule has 0 aromatic heterocycles. The van der Waals surface area contributed by atoms with E-state index >= 15 is 0 Å². The van der Waals surface area contributed by atoms with E-state index in [0.29, 0.717) is 0 Å².